The second-order valence-electron chi connectivity index (χ2n) is 7.22. The molecule has 0 spiro atoms. The number of aromatic nitrogens is 1. The largest absolute Gasteiger partial charge is 0.417 e. The SMILES string of the molecule is O=C(c1ccccc1C(F)(F)F)N1CCN(C(=O)c2cc(=O)[nH]c3ccccc23)CC1. The third-order valence-corrected chi connectivity index (χ3v) is 5.30. The van der Waals surface area contributed by atoms with Gasteiger partial charge in [-0.3, -0.25) is 14.4 Å². The van der Waals surface area contributed by atoms with Gasteiger partial charge in [-0.25, -0.2) is 0 Å². The first kappa shape index (κ1) is 20.6. The van der Waals surface area contributed by atoms with Crippen molar-refractivity contribution in [1.29, 1.82) is 0 Å². The van der Waals surface area contributed by atoms with Gasteiger partial charge in [0.05, 0.1) is 16.7 Å². The zero-order valence-corrected chi connectivity index (χ0v) is 16.3. The predicted molar refractivity (Wildman–Crippen MR) is 108 cm³/mol. The summed E-state index contributed by atoms with van der Waals surface area (Å²) in [5.41, 5.74) is -0.999. The molecule has 9 heteroatoms. The molecule has 2 aromatic carbocycles. The highest BCUT2D eigenvalue weighted by atomic mass is 19.4. The molecule has 0 bridgehead atoms. The van der Waals surface area contributed by atoms with Crippen molar-refractivity contribution in [3.63, 3.8) is 0 Å². The molecule has 0 radical (unpaired) electrons. The maximum atomic E-state index is 13.2. The fraction of sp³-hybridized carbons (Fsp3) is 0.227. The number of halogens is 3. The number of pyridine rings is 1. The molecule has 0 saturated carbocycles. The summed E-state index contributed by atoms with van der Waals surface area (Å²) in [6.07, 6.45) is -4.63. The number of carbonyl (C=O) groups is 2. The second kappa shape index (κ2) is 7.90. The minimum Gasteiger partial charge on any atom is -0.335 e. The third kappa shape index (κ3) is 4.03. The molecule has 1 saturated heterocycles. The zero-order valence-electron chi connectivity index (χ0n) is 16.3. The van der Waals surface area contributed by atoms with E-state index >= 15 is 0 Å². The molecule has 6 nitrogen and oxygen atoms in total. The van der Waals surface area contributed by atoms with Gasteiger partial charge in [-0.1, -0.05) is 30.3 Å². The lowest BCUT2D eigenvalue weighted by molar-refractivity contribution is -0.138. The van der Waals surface area contributed by atoms with Crippen molar-refractivity contribution in [1.82, 2.24) is 14.8 Å². The molecule has 1 aromatic heterocycles. The number of hydrogen-bond acceptors (Lipinski definition) is 3. The lowest BCUT2D eigenvalue weighted by atomic mass is 10.0. The Labute approximate surface area is 174 Å². The van der Waals surface area contributed by atoms with Crippen molar-refractivity contribution in [2.24, 2.45) is 0 Å². The van der Waals surface area contributed by atoms with Crippen LogP contribution in [-0.2, 0) is 6.18 Å². The minimum absolute atomic E-state index is 0.0951. The number of fused-ring (bicyclic) bond motifs is 1. The quantitative estimate of drug-likeness (QED) is 0.680. The van der Waals surface area contributed by atoms with Crippen molar-refractivity contribution in [3.05, 3.63) is 81.6 Å². The van der Waals surface area contributed by atoms with E-state index in [0.717, 1.165) is 12.1 Å². The Morgan fingerprint density at radius 1 is 0.806 bits per heavy atom. The van der Waals surface area contributed by atoms with Gasteiger partial charge in [0.1, 0.15) is 0 Å². The van der Waals surface area contributed by atoms with Gasteiger partial charge in [-0.15, -0.1) is 0 Å². The van der Waals surface area contributed by atoms with Crippen molar-refractivity contribution in [2.45, 2.75) is 6.18 Å². The summed E-state index contributed by atoms with van der Waals surface area (Å²) in [5.74, 6) is -1.08. The van der Waals surface area contributed by atoms with Crippen LogP contribution in [0.1, 0.15) is 26.3 Å². The summed E-state index contributed by atoms with van der Waals surface area (Å²) >= 11 is 0. The van der Waals surface area contributed by atoms with E-state index in [-0.39, 0.29) is 37.6 Å². The Morgan fingerprint density at radius 2 is 1.35 bits per heavy atom. The van der Waals surface area contributed by atoms with Gasteiger partial charge in [0.25, 0.3) is 11.8 Å². The minimum atomic E-state index is -4.63. The number of nitrogens with one attached hydrogen (secondary N) is 1. The van der Waals surface area contributed by atoms with E-state index < -0.39 is 28.8 Å². The summed E-state index contributed by atoms with van der Waals surface area (Å²) in [6, 6.07) is 12.8. The van der Waals surface area contributed by atoms with Crippen LogP contribution in [0.2, 0.25) is 0 Å². The van der Waals surface area contributed by atoms with Gasteiger partial charge in [0, 0.05) is 43.1 Å². The van der Waals surface area contributed by atoms with E-state index in [1.165, 1.54) is 28.0 Å². The van der Waals surface area contributed by atoms with E-state index in [2.05, 4.69) is 4.98 Å². The molecule has 1 N–H and O–H groups in total. The van der Waals surface area contributed by atoms with Gasteiger partial charge < -0.3 is 14.8 Å². The number of nitrogens with zero attached hydrogens (tertiary/aromatic N) is 2. The average molecular weight is 429 g/mol. The summed E-state index contributed by atoms with van der Waals surface area (Å²) in [5, 5.41) is 0.602. The molecule has 3 aromatic rings. The van der Waals surface area contributed by atoms with Gasteiger partial charge in [0.2, 0.25) is 5.56 Å². The number of rotatable bonds is 2. The first-order valence-corrected chi connectivity index (χ1v) is 9.62. The highest BCUT2D eigenvalue weighted by Crippen LogP contribution is 2.32. The topological polar surface area (TPSA) is 73.5 Å². The standard InChI is InChI=1S/C22H18F3N3O3/c23-22(24,25)17-7-3-1-6-15(17)20(30)27-9-11-28(12-10-27)21(31)16-13-19(29)26-18-8-4-2-5-14(16)18/h1-8,13H,9-12H2,(H,26,29). The van der Waals surface area contributed by atoms with Crippen LogP contribution in [0.15, 0.2) is 59.4 Å². The highest BCUT2D eigenvalue weighted by molar-refractivity contribution is 6.06. The molecule has 31 heavy (non-hydrogen) atoms. The number of H-pyrrole nitrogens is 1. The van der Waals surface area contributed by atoms with E-state index in [1.807, 2.05) is 0 Å². The van der Waals surface area contributed by atoms with Crippen molar-refractivity contribution in [2.75, 3.05) is 26.2 Å². The summed E-state index contributed by atoms with van der Waals surface area (Å²) in [7, 11) is 0. The number of hydrogen-bond donors (Lipinski definition) is 1. The van der Waals surface area contributed by atoms with Crippen molar-refractivity contribution >= 4 is 22.7 Å². The number of benzene rings is 2. The Hall–Kier alpha value is -3.62. The first-order chi connectivity index (χ1) is 14.8. The average Bonchev–Trinajstić information content (AvgIpc) is 2.77. The number of piperazine rings is 1. The van der Waals surface area contributed by atoms with Crippen molar-refractivity contribution in [3.8, 4) is 0 Å². The Balaban J connectivity index is 1.52. The summed E-state index contributed by atoms with van der Waals surface area (Å²) in [6.45, 7) is 0.496. The normalized spacial score (nSPS) is 14.7. The van der Waals surface area contributed by atoms with Gasteiger partial charge in [0.15, 0.2) is 0 Å². The highest BCUT2D eigenvalue weighted by Gasteiger charge is 2.36. The zero-order chi connectivity index (χ0) is 22.2. The third-order valence-electron chi connectivity index (χ3n) is 5.30. The number of amides is 2. The Kier molecular flexibility index (Phi) is 5.26. The van der Waals surface area contributed by atoms with Gasteiger partial charge >= 0.3 is 6.18 Å². The fourth-order valence-electron chi connectivity index (χ4n) is 3.75. The fourth-order valence-corrected chi connectivity index (χ4v) is 3.75. The maximum absolute atomic E-state index is 13.2. The van der Waals surface area contributed by atoms with Crippen LogP contribution in [0.3, 0.4) is 0 Å². The van der Waals surface area contributed by atoms with Crippen LogP contribution in [0, 0.1) is 0 Å². The number of alkyl halides is 3. The molecule has 2 amide bonds. The molecule has 0 atom stereocenters. The molecule has 2 heterocycles. The van der Waals surface area contributed by atoms with Crippen LogP contribution in [0.4, 0.5) is 13.2 Å². The molecular formula is C22H18F3N3O3. The first-order valence-electron chi connectivity index (χ1n) is 9.62. The van der Waals surface area contributed by atoms with Gasteiger partial charge in [-0.05, 0) is 18.2 Å². The van der Waals surface area contributed by atoms with E-state index in [9.17, 15) is 27.6 Å². The second-order valence-corrected chi connectivity index (χ2v) is 7.22. The van der Waals surface area contributed by atoms with Crippen LogP contribution >= 0.6 is 0 Å². The Morgan fingerprint density at radius 3 is 2.00 bits per heavy atom. The molecule has 1 aliphatic rings. The molecule has 160 valence electrons. The van der Waals surface area contributed by atoms with Crippen LogP contribution in [0.5, 0.6) is 0 Å². The summed E-state index contributed by atoms with van der Waals surface area (Å²) in [4.78, 5) is 43.1. The predicted octanol–water partition coefficient (Wildman–Crippen LogP) is 3.15. The molecule has 1 fully saturated rings. The molecule has 4 rings (SSSR count). The molecular weight excluding hydrogens is 411 g/mol. The summed E-state index contributed by atoms with van der Waals surface area (Å²) < 4.78 is 39.7. The Bertz CT molecular complexity index is 1210. The molecule has 0 aliphatic carbocycles. The van der Waals surface area contributed by atoms with E-state index in [1.54, 1.807) is 24.3 Å². The van der Waals surface area contributed by atoms with E-state index in [4.69, 9.17) is 0 Å². The van der Waals surface area contributed by atoms with Crippen LogP contribution in [0.25, 0.3) is 10.9 Å². The number of aromatic amines is 1. The molecule has 0 unspecified atom stereocenters. The van der Waals surface area contributed by atoms with Gasteiger partial charge in [-0.2, -0.15) is 13.2 Å². The lowest BCUT2D eigenvalue weighted by Gasteiger charge is -2.35. The van der Waals surface area contributed by atoms with Crippen LogP contribution < -0.4 is 5.56 Å². The lowest BCUT2D eigenvalue weighted by Crippen LogP contribution is -2.51. The smallest absolute Gasteiger partial charge is 0.335 e. The number of para-hydroxylation sites is 1. The van der Waals surface area contributed by atoms with Crippen LogP contribution in [-0.4, -0.2) is 52.8 Å². The van der Waals surface area contributed by atoms with Crippen molar-refractivity contribution < 1.29 is 22.8 Å². The number of carbonyl (C=O) groups excluding carboxylic acids is 2. The molecule has 1 aliphatic heterocycles. The van der Waals surface area contributed by atoms with E-state index in [0.29, 0.717) is 10.9 Å². The monoisotopic (exact) mass is 429 g/mol. The maximum Gasteiger partial charge on any atom is 0.417 e.